The number of rotatable bonds is 3. The molecule has 1 heteroatoms. The van der Waals surface area contributed by atoms with E-state index in [0.717, 1.165) is 25.7 Å². The maximum absolute atomic E-state index is 9.68. The van der Waals surface area contributed by atoms with Crippen LogP contribution in [0.25, 0.3) is 22.3 Å². The van der Waals surface area contributed by atoms with E-state index in [1.54, 1.807) is 0 Å². The van der Waals surface area contributed by atoms with Gasteiger partial charge < -0.3 is 5.11 Å². The van der Waals surface area contributed by atoms with E-state index in [4.69, 9.17) is 0 Å². The molecule has 0 unspecified atom stereocenters. The predicted octanol–water partition coefficient (Wildman–Crippen LogP) is 6.35. The van der Waals surface area contributed by atoms with Crippen LogP contribution in [0.4, 0.5) is 0 Å². The summed E-state index contributed by atoms with van der Waals surface area (Å²) >= 11 is 0. The minimum Gasteiger partial charge on any atom is -0.393 e. The van der Waals surface area contributed by atoms with Gasteiger partial charge in [0.25, 0.3) is 0 Å². The molecule has 0 spiro atoms. The van der Waals surface area contributed by atoms with Gasteiger partial charge in [-0.2, -0.15) is 0 Å². The van der Waals surface area contributed by atoms with Crippen LogP contribution in [0.1, 0.15) is 42.7 Å². The highest BCUT2D eigenvalue weighted by molar-refractivity contribution is 5.70. The van der Waals surface area contributed by atoms with E-state index in [-0.39, 0.29) is 6.10 Å². The van der Waals surface area contributed by atoms with Crippen molar-refractivity contribution in [1.29, 1.82) is 0 Å². The second-order valence-electron chi connectivity index (χ2n) is 7.57. The van der Waals surface area contributed by atoms with E-state index in [9.17, 15) is 5.11 Å². The normalized spacial score (nSPS) is 20.1. The highest BCUT2D eigenvalue weighted by Crippen LogP contribution is 2.34. The van der Waals surface area contributed by atoms with Gasteiger partial charge in [0.05, 0.1) is 6.10 Å². The van der Waals surface area contributed by atoms with Gasteiger partial charge in [0, 0.05) is 0 Å². The van der Waals surface area contributed by atoms with Crippen molar-refractivity contribution in [2.75, 3.05) is 0 Å². The molecule has 0 aliphatic heterocycles. The molecule has 0 amide bonds. The van der Waals surface area contributed by atoms with Crippen molar-refractivity contribution in [3.05, 3.63) is 83.9 Å². The highest BCUT2D eigenvalue weighted by Gasteiger charge is 2.20. The maximum atomic E-state index is 9.68. The molecule has 4 rings (SSSR count). The summed E-state index contributed by atoms with van der Waals surface area (Å²) in [5, 5.41) is 9.68. The number of aryl methyl sites for hydroxylation is 1. The van der Waals surface area contributed by atoms with Gasteiger partial charge in [0.15, 0.2) is 0 Å². The first-order valence-electron chi connectivity index (χ1n) is 9.64. The molecule has 3 aromatic rings. The Morgan fingerprint density at radius 2 is 0.962 bits per heavy atom. The molecule has 0 saturated heterocycles. The zero-order chi connectivity index (χ0) is 17.9. The largest absolute Gasteiger partial charge is 0.393 e. The number of benzene rings is 3. The lowest BCUT2D eigenvalue weighted by Crippen LogP contribution is -2.16. The Bertz CT molecular complexity index is 836. The third-order valence-electron chi connectivity index (χ3n) is 5.68. The summed E-state index contributed by atoms with van der Waals surface area (Å²) in [5.74, 6) is 0.608. The van der Waals surface area contributed by atoms with Crippen LogP contribution in [0.15, 0.2) is 72.8 Å². The summed E-state index contributed by atoms with van der Waals surface area (Å²) in [6.07, 6.45) is 4.00. The Kier molecular flexibility index (Phi) is 4.90. The maximum Gasteiger partial charge on any atom is 0.0540 e. The van der Waals surface area contributed by atoms with Crippen LogP contribution >= 0.6 is 0 Å². The van der Waals surface area contributed by atoms with Gasteiger partial charge in [0.1, 0.15) is 0 Å². The molecule has 0 bridgehead atoms. The Morgan fingerprint density at radius 1 is 0.577 bits per heavy atom. The minimum atomic E-state index is -0.0856. The van der Waals surface area contributed by atoms with Crippen molar-refractivity contribution < 1.29 is 5.11 Å². The number of aliphatic hydroxyl groups is 1. The first-order valence-corrected chi connectivity index (χ1v) is 9.64. The number of hydrogen-bond acceptors (Lipinski definition) is 1. The molecule has 1 N–H and O–H groups in total. The molecule has 26 heavy (non-hydrogen) atoms. The lowest BCUT2D eigenvalue weighted by molar-refractivity contribution is 0.122. The summed E-state index contributed by atoms with van der Waals surface area (Å²) in [4.78, 5) is 0. The van der Waals surface area contributed by atoms with Gasteiger partial charge in [-0.05, 0) is 66.3 Å². The predicted molar refractivity (Wildman–Crippen MR) is 109 cm³/mol. The Morgan fingerprint density at radius 3 is 1.42 bits per heavy atom. The molecule has 0 atom stereocenters. The molecule has 132 valence electrons. The van der Waals surface area contributed by atoms with Gasteiger partial charge >= 0.3 is 0 Å². The van der Waals surface area contributed by atoms with Crippen LogP contribution in [-0.2, 0) is 0 Å². The highest BCUT2D eigenvalue weighted by atomic mass is 16.3. The van der Waals surface area contributed by atoms with E-state index >= 15 is 0 Å². The average Bonchev–Trinajstić information content (AvgIpc) is 2.70. The molecule has 1 saturated carbocycles. The van der Waals surface area contributed by atoms with Crippen molar-refractivity contribution >= 4 is 0 Å². The van der Waals surface area contributed by atoms with E-state index in [1.807, 2.05) is 0 Å². The Balaban J connectivity index is 1.50. The minimum absolute atomic E-state index is 0.0856. The zero-order valence-electron chi connectivity index (χ0n) is 15.4. The zero-order valence-corrected chi connectivity index (χ0v) is 15.4. The fourth-order valence-electron chi connectivity index (χ4n) is 3.96. The first-order chi connectivity index (χ1) is 12.7. The SMILES string of the molecule is Cc1ccc(-c2ccc(-c3ccc(C4CCC(O)CC4)cc3)cc2)cc1. The van der Waals surface area contributed by atoms with Gasteiger partial charge in [-0.25, -0.2) is 0 Å². The summed E-state index contributed by atoms with van der Waals surface area (Å²) in [7, 11) is 0. The lowest BCUT2D eigenvalue weighted by atomic mass is 9.82. The van der Waals surface area contributed by atoms with Crippen LogP contribution < -0.4 is 0 Å². The standard InChI is InChI=1S/C25H26O/c1-18-2-4-19(5-3-18)20-6-8-21(9-7-20)22-10-12-23(13-11-22)24-14-16-25(26)17-15-24/h2-13,24-26H,14-17H2,1H3. The van der Waals surface area contributed by atoms with Crippen LogP contribution in [0.5, 0.6) is 0 Å². The monoisotopic (exact) mass is 342 g/mol. The van der Waals surface area contributed by atoms with E-state index in [2.05, 4.69) is 79.7 Å². The van der Waals surface area contributed by atoms with E-state index in [0.29, 0.717) is 5.92 Å². The quantitative estimate of drug-likeness (QED) is 0.588. The van der Waals surface area contributed by atoms with Crippen LogP contribution in [0.3, 0.4) is 0 Å². The fraction of sp³-hybridized carbons (Fsp3) is 0.280. The summed E-state index contributed by atoms with van der Waals surface area (Å²) in [6, 6.07) is 26.5. The molecule has 1 aliphatic rings. The molecule has 1 nitrogen and oxygen atoms in total. The van der Waals surface area contributed by atoms with Gasteiger partial charge in [-0.15, -0.1) is 0 Å². The molecule has 0 heterocycles. The third-order valence-corrected chi connectivity index (χ3v) is 5.68. The Hall–Kier alpha value is -2.38. The summed E-state index contributed by atoms with van der Waals surface area (Å²) in [6.45, 7) is 2.12. The molecule has 0 aromatic heterocycles. The van der Waals surface area contributed by atoms with Gasteiger partial charge in [0.2, 0.25) is 0 Å². The first kappa shape index (κ1) is 17.1. The molecular formula is C25H26O. The van der Waals surface area contributed by atoms with Crippen molar-refractivity contribution in [1.82, 2.24) is 0 Å². The number of hydrogen-bond donors (Lipinski definition) is 1. The smallest absolute Gasteiger partial charge is 0.0540 e. The van der Waals surface area contributed by atoms with Crippen molar-refractivity contribution in [2.24, 2.45) is 0 Å². The van der Waals surface area contributed by atoms with Gasteiger partial charge in [-0.3, -0.25) is 0 Å². The lowest BCUT2D eigenvalue weighted by Gasteiger charge is -2.25. The van der Waals surface area contributed by atoms with Gasteiger partial charge in [-0.1, -0.05) is 78.4 Å². The second-order valence-corrected chi connectivity index (χ2v) is 7.57. The van der Waals surface area contributed by atoms with Crippen molar-refractivity contribution in [2.45, 2.75) is 44.6 Å². The topological polar surface area (TPSA) is 20.2 Å². The molecule has 0 radical (unpaired) electrons. The van der Waals surface area contributed by atoms with Crippen LogP contribution in [0, 0.1) is 6.92 Å². The van der Waals surface area contributed by atoms with Crippen LogP contribution in [0.2, 0.25) is 0 Å². The van der Waals surface area contributed by atoms with Crippen LogP contribution in [-0.4, -0.2) is 11.2 Å². The molecule has 1 aliphatic carbocycles. The molecule has 1 fully saturated rings. The summed E-state index contributed by atoms with van der Waals surface area (Å²) in [5.41, 5.74) is 7.74. The Labute approximate surface area is 156 Å². The average molecular weight is 342 g/mol. The van der Waals surface area contributed by atoms with E-state index in [1.165, 1.54) is 33.4 Å². The second kappa shape index (κ2) is 7.47. The number of aliphatic hydroxyl groups excluding tert-OH is 1. The van der Waals surface area contributed by atoms with Crippen molar-refractivity contribution in [3.63, 3.8) is 0 Å². The van der Waals surface area contributed by atoms with Crippen molar-refractivity contribution in [3.8, 4) is 22.3 Å². The van der Waals surface area contributed by atoms with E-state index < -0.39 is 0 Å². The fourth-order valence-corrected chi connectivity index (χ4v) is 3.96. The molecule has 3 aromatic carbocycles. The summed E-state index contributed by atoms with van der Waals surface area (Å²) < 4.78 is 0. The third kappa shape index (κ3) is 3.73. The molecular weight excluding hydrogens is 316 g/mol.